The first-order valence-corrected chi connectivity index (χ1v) is 6.51. The number of benzene rings is 2. The van der Waals surface area contributed by atoms with E-state index in [4.69, 9.17) is 11.6 Å². The van der Waals surface area contributed by atoms with Gasteiger partial charge in [0.2, 0.25) is 0 Å². The van der Waals surface area contributed by atoms with E-state index in [0.29, 0.717) is 16.9 Å². The van der Waals surface area contributed by atoms with E-state index in [1.165, 1.54) is 25.1 Å². The monoisotopic (exact) mass is 304 g/mol. The van der Waals surface area contributed by atoms with Crippen LogP contribution in [0.1, 0.15) is 17.3 Å². The first-order chi connectivity index (χ1) is 9.95. The Hall–Kier alpha value is -2.53. The number of hydrogen-bond acceptors (Lipinski definition) is 3. The predicted octanol–water partition coefficient (Wildman–Crippen LogP) is 3.89. The average molecular weight is 305 g/mol. The van der Waals surface area contributed by atoms with Gasteiger partial charge in [-0.2, -0.15) is 0 Å². The summed E-state index contributed by atoms with van der Waals surface area (Å²) >= 11 is 5.75. The van der Waals surface area contributed by atoms with Gasteiger partial charge < -0.3 is 15.7 Å². The fourth-order valence-corrected chi connectivity index (χ4v) is 1.85. The minimum absolute atomic E-state index is 0.0373. The normalized spacial score (nSPS) is 10.0. The fourth-order valence-electron chi connectivity index (χ4n) is 1.67. The summed E-state index contributed by atoms with van der Waals surface area (Å²) in [6.45, 7) is 1.48. The predicted molar refractivity (Wildman–Crippen MR) is 82.2 cm³/mol. The molecule has 0 aliphatic heterocycles. The van der Waals surface area contributed by atoms with Crippen molar-refractivity contribution in [3.63, 3.8) is 0 Å². The fraction of sp³-hybridized carbons (Fsp3) is 0.0667. The van der Waals surface area contributed by atoms with Crippen LogP contribution in [0.3, 0.4) is 0 Å². The third-order valence-electron chi connectivity index (χ3n) is 2.75. The van der Waals surface area contributed by atoms with Gasteiger partial charge in [0, 0.05) is 16.9 Å². The smallest absolute Gasteiger partial charge is 0.323 e. The summed E-state index contributed by atoms with van der Waals surface area (Å²) in [6, 6.07) is 10.5. The van der Waals surface area contributed by atoms with Crippen LogP contribution in [0.25, 0.3) is 0 Å². The highest BCUT2D eigenvalue weighted by atomic mass is 35.5. The number of carbonyl (C=O) groups is 2. The molecule has 2 aromatic carbocycles. The molecule has 0 radical (unpaired) electrons. The van der Waals surface area contributed by atoms with Crippen molar-refractivity contribution in [1.82, 2.24) is 0 Å². The number of rotatable bonds is 3. The van der Waals surface area contributed by atoms with Gasteiger partial charge in [0.25, 0.3) is 0 Å². The number of carbonyl (C=O) groups excluding carboxylic acids is 2. The highest BCUT2D eigenvalue weighted by Gasteiger charge is 2.06. The summed E-state index contributed by atoms with van der Waals surface area (Å²) in [4.78, 5) is 22.9. The minimum atomic E-state index is -0.452. The summed E-state index contributed by atoms with van der Waals surface area (Å²) in [5.41, 5.74) is 1.59. The number of phenols is 1. The second-order valence-electron chi connectivity index (χ2n) is 4.38. The van der Waals surface area contributed by atoms with E-state index in [1.54, 1.807) is 24.3 Å². The van der Waals surface area contributed by atoms with E-state index in [9.17, 15) is 14.7 Å². The van der Waals surface area contributed by atoms with Crippen molar-refractivity contribution >= 4 is 34.8 Å². The Balaban J connectivity index is 2.01. The van der Waals surface area contributed by atoms with Crippen LogP contribution in [0.4, 0.5) is 16.2 Å². The molecule has 21 heavy (non-hydrogen) atoms. The number of aromatic hydroxyl groups is 1. The van der Waals surface area contributed by atoms with Crippen molar-refractivity contribution in [3.05, 3.63) is 53.1 Å². The molecule has 0 spiro atoms. The van der Waals surface area contributed by atoms with Crippen LogP contribution < -0.4 is 10.6 Å². The molecular formula is C15H13ClN2O3. The molecule has 0 atom stereocenters. The molecule has 0 heterocycles. The highest BCUT2D eigenvalue weighted by Crippen LogP contribution is 2.26. The number of halogens is 1. The highest BCUT2D eigenvalue weighted by molar-refractivity contribution is 6.32. The molecule has 0 aliphatic rings. The SMILES string of the molecule is CC(=O)c1ccc(NC(=O)Nc2ccc(O)c(Cl)c2)cc1. The molecule has 3 N–H and O–H groups in total. The van der Waals surface area contributed by atoms with Gasteiger partial charge in [0.15, 0.2) is 5.78 Å². The number of amides is 2. The van der Waals surface area contributed by atoms with Gasteiger partial charge in [-0.3, -0.25) is 4.79 Å². The van der Waals surface area contributed by atoms with Gasteiger partial charge in [0.1, 0.15) is 5.75 Å². The molecular weight excluding hydrogens is 292 g/mol. The summed E-state index contributed by atoms with van der Waals surface area (Å²) in [5.74, 6) is -0.0906. The van der Waals surface area contributed by atoms with E-state index in [-0.39, 0.29) is 16.6 Å². The molecule has 2 aromatic rings. The standard InChI is InChI=1S/C15H13ClN2O3/c1-9(19)10-2-4-11(5-3-10)17-15(21)18-12-6-7-14(20)13(16)8-12/h2-8,20H,1H3,(H2,17,18,21). The van der Waals surface area contributed by atoms with Crippen molar-refractivity contribution in [2.24, 2.45) is 0 Å². The minimum Gasteiger partial charge on any atom is -0.506 e. The quantitative estimate of drug-likeness (QED) is 0.594. The van der Waals surface area contributed by atoms with Gasteiger partial charge in [0.05, 0.1) is 5.02 Å². The maximum atomic E-state index is 11.8. The van der Waals surface area contributed by atoms with Crippen LogP contribution in [-0.2, 0) is 0 Å². The Morgan fingerprint density at radius 3 is 2.14 bits per heavy atom. The lowest BCUT2D eigenvalue weighted by molar-refractivity contribution is 0.101. The van der Waals surface area contributed by atoms with E-state index in [0.717, 1.165) is 0 Å². The van der Waals surface area contributed by atoms with Gasteiger partial charge >= 0.3 is 6.03 Å². The van der Waals surface area contributed by atoms with Crippen LogP contribution >= 0.6 is 11.6 Å². The summed E-state index contributed by atoms with van der Waals surface area (Å²) < 4.78 is 0. The molecule has 0 aliphatic carbocycles. The third kappa shape index (κ3) is 3.97. The zero-order valence-corrected chi connectivity index (χ0v) is 11.9. The van der Waals surface area contributed by atoms with Crippen LogP contribution in [-0.4, -0.2) is 16.9 Å². The van der Waals surface area contributed by atoms with E-state index in [1.807, 2.05) is 0 Å². The zero-order valence-electron chi connectivity index (χ0n) is 11.2. The Morgan fingerprint density at radius 2 is 1.57 bits per heavy atom. The lowest BCUT2D eigenvalue weighted by Gasteiger charge is -2.08. The number of nitrogens with one attached hydrogen (secondary N) is 2. The van der Waals surface area contributed by atoms with E-state index in [2.05, 4.69) is 10.6 Å². The third-order valence-corrected chi connectivity index (χ3v) is 3.06. The number of urea groups is 1. The molecule has 108 valence electrons. The molecule has 0 aromatic heterocycles. The molecule has 0 saturated carbocycles. The Kier molecular flexibility index (Phi) is 4.45. The summed E-state index contributed by atoms with van der Waals surface area (Å²) in [5, 5.41) is 14.7. The molecule has 0 unspecified atom stereocenters. The van der Waals surface area contributed by atoms with Crippen LogP contribution in [0, 0.1) is 0 Å². The Bertz CT molecular complexity index is 684. The second-order valence-corrected chi connectivity index (χ2v) is 4.79. The topological polar surface area (TPSA) is 78.4 Å². The van der Waals surface area contributed by atoms with Gasteiger partial charge in [-0.05, 0) is 49.4 Å². The number of anilines is 2. The van der Waals surface area contributed by atoms with Gasteiger partial charge in [-0.25, -0.2) is 4.79 Å². The number of ketones is 1. The second kappa shape index (κ2) is 6.28. The average Bonchev–Trinajstić information content (AvgIpc) is 2.43. The molecule has 0 fully saturated rings. The molecule has 0 bridgehead atoms. The van der Waals surface area contributed by atoms with Crippen molar-refractivity contribution in [3.8, 4) is 5.75 Å². The molecule has 6 heteroatoms. The van der Waals surface area contributed by atoms with Crippen molar-refractivity contribution in [2.75, 3.05) is 10.6 Å². The molecule has 5 nitrogen and oxygen atoms in total. The largest absolute Gasteiger partial charge is 0.506 e. The van der Waals surface area contributed by atoms with Crippen molar-refractivity contribution in [2.45, 2.75) is 6.92 Å². The maximum absolute atomic E-state index is 11.8. The number of phenolic OH excluding ortho intramolecular Hbond substituents is 1. The van der Waals surface area contributed by atoms with Crippen LogP contribution in [0.2, 0.25) is 5.02 Å². The number of Topliss-reactive ketones (excluding diaryl/α,β-unsaturated/α-hetero) is 1. The van der Waals surface area contributed by atoms with Crippen LogP contribution in [0.15, 0.2) is 42.5 Å². The van der Waals surface area contributed by atoms with Gasteiger partial charge in [-0.1, -0.05) is 11.6 Å². The van der Waals surface area contributed by atoms with E-state index < -0.39 is 6.03 Å². The molecule has 2 rings (SSSR count). The Labute approximate surface area is 126 Å². The molecule has 0 saturated heterocycles. The zero-order chi connectivity index (χ0) is 15.4. The summed E-state index contributed by atoms with van der Waals surface area (Å²) in [6.07, 6.45) is 0. The number of hydrogen-bond donors (Lipinski definition) is 3. The lowest BCUT2D eigenvalue weighted by Crippen LogP contribution is -2.19. The summed E-state index contributed by atoms with van der Waals surface area (Å²) in [7, 11) is 0. The van der Waals surface area contributed by atoms with Crippen molar-refractivity contribution < 1.29 is 14.7 Å². The first kappa shape index (κ1) is 14.9. The molecule has 2 amide bonds. The van der Waals surface area contributed by atoms with Crippen LogP contribution in [0.5, 0.6) is 5.75 Å². The van der Waals surface area contributed by atoms with Gasteiger partial charge in [-0.15, -0.1) is 0 Å². The Morgan fingerprint density at radius 1 is 1.00 bits per heavy atom. The maximum Gasteiger partial charge on any atom is 0.323 e. The van der Waals surface area contributed by atoms with E-state index >= 15 is 0 Å². The first-order valence-electron chi connectivity index (χ1n) is 6.13. The lowest BCUT2D eigenvalue weighted by atomic mass is 10.1. The van der Waals surface area contributed by atoms with Crippen molar-refractivity contribution in [1.29, 1.82) is 0 Å².